The molecule has 0 spiro atoms. The SMILES string of the molecule is Cc1ccc(C(=O)N2C(C(=O)O)CC3CCCCC32)c(=O)[nH]1. The summed E-state index contributed by atoms with van der Waals surface area (Å²) < 4.78 is 0. The molecule has 6 heteroatoms. The molecule has 0 radical (unpaired) electrons. The van der Waals surface area contributed by atoms with Crippen LogP contribution >= 0.6 is 0 Å². The second-order valence-corrected chi connectivity index (χ2v) is 6.30. The van der Waals surface area contributed by atoms with E-state index in [4.69, 9.17) is 0 Å². The van der Waals surface area contributed by atoms with Gasteiger partial charge in [-0.3, -0.25) is 9.59 Å². The number of nitrogens with one attached hydrogen (secondary N) is 1. The van der Waals surface area contributed by atoms with E-state index >= 15 is 0 Å². The summed E-state index contributed by atoms with van der Waals surface area (Å²) in [6.45, 7) is 1.74. The van der Waals surface area contributed by atoms with Gasteiger partial charge in [-0.05, 0) is 44.2 Å². The summed E-state index contributed by atoms with van der Waals surface area (Å²) in [6, 6.07) is 2.29. The number of carbonyl (C=O) groups excluding carboxylic acids is 1. The number of carboxylic acid groups (broad SMARTS) is 1. The number of aliphatic carboxylic acids is 1. The summed E-state index contributed by atoms with van der Waals surface area (Å²) in [5.41, 5.74) is 0.254. The van der Waals surface area contributed by atoms with Gasteiger partial charge in [0.25, 0.3) is 11.5 Å². The number of likely N-dealkylation sites (tertiary alicyclic amines) is 1. The molecule has 3 unspecified atom stereocenters. The molecule has 2 aliphatic rings. The van der Waals surface area contributed by atoms with Gasteiger partial charge < -0.3 is 15.0 Å². The average Bonchev–Trinajstić information content (AvgIpc) is 2.86. The fraction of sp³-hybridized carbons (Fsp3) is 0.562. The quantitative estimate of drug-likeness (QED) is 0.867. The van der Waals surface area contributed by atoms with Gasteiger partial charge >= 0.3 is 5.97 Å². The first-order valence-electron chi connectivity index (χ1n) is 7.74. The number of aromatic amines is 1. The number of nitrogens with zero attached hydrogens (tertiary/aromatic N) is 1. The molecule has 0 bridgehead atoms. The molecule has 1 saturated heterocycles. The molecule has 1 aromatic rings. The molecular formula is C16H20N2O4. The Morgan fingerprint density at radius 2 is 2.00 bits per heavy atom. The topological polar surface area (TPSA) is 90.5 Å². The lowest BCUT2D eigenvalue weighted by molar-refractivity contribution is -0.141. The first kappa shape index (κ1) is 14.8. The molecule has 3 atom stereocenters. The van der Waals surface area contributed by atoms with Crippen LogP contribution in [0.2, 0.25) is 0 Å². The summed E-state index contributed by atoms with van der Waals surface area (Å²) in [4.78, 5) is 40.4. The maximum atomic E-state index is 12.8. The Labute approximate surface area is 128 Å². The highest BCUT2D eigenvalue weighted by atomic mass is 16.4. The monoisotopic (exact) mass is 304 g/mol. The summed E-state index contributed by atoms with van der Waals surface area (Å²) in [6.07, 6.45) is 4.37. The number of carbonyl (C=O) groups is 2. The van der Waals surface area contributed by atoms with E-state index in [0.717, 1.165) is 25.7 Å². The van der Waals surface area contributed by atoms with Crippen LogP contribution in [0.3, 0.4) is 0 Å². The zero-order valence-electron chi connectivity index (χ0n) is 12.5. The number of hydrogen-bond acceptors (Lipinski definition) is 3. The number of carboxylic acids is 1. The Hall–Kier alpha value is -2.11. The molecule has 1 aliphatic carbocycles. The predicted molar refractivity (Wildman–Crippen MR) is 79.8 cm³/mol. The van der Waals surface area contributed by atoms with E-state index in [1.54, 1.807) is 13.0 Å². The number of aromatic nitrogens is 1. The minimum absolute atomic E-state index is 0.0306. The molecule has 1 aliphatic heterocycles. The zero-order valence-corrected chi connectivity index (χ0v) is 12.5. The summed E-state index contributed by atoms with van der Waals surface area (Å²) in [7, 11) is 0. The molecule has 1 amide bonds. The Kier molecular flexibility index (Phi) is 3.76. The molecule has 118 valence electrons. The van der Waals surface area contributed by atoms with Gasteiger partial charge in [0.1, 0.15) is 11.6 Å². The van der Waals surface area contributed by atoms with Crippen LogP contribution in [0.4, 0.5) is 0 Å². The van der Waals surface area contributed by atoms with Gasteiger partial charge in [-0.15, -0.1) is 0 Å². The molecule has 6 nitrogen and oxygen atoms in total. The fourth-order valence-electron chi connectivity index (χ4n) is 3.85. The Morgan fingerprint density at radius 3 is 2.68 bits per heavy atom. The van der Waals surface area contributed by atoms with Crippen LogP contribution < -0.4 is 5.56 Å². The molecule has 0 aromatic carbocycles. The number of fused-ring (bicyclic) bond motifs is 1. The molecule has 2 fully saturated rings. The highest BCUT2D eigenvalue weighted by Crippen LogP contribution is 2.40. The van der Waals surface area contributed by atoms with Crippen molar-refractivity contribution >= 4 is 11.9 Å². The lowest BCUT2D eigenvalue weighted by Crippen LogP contribution is -2.47. The van der Waals surface area contributed by atoms with Crippen LogP contribution in [0.25, 0.3) is 0 Å². The van der Waals surface area contributed by atoms with Crippen molar-refractivity contribution in [3.63, 3.8) is 0 Å². The van der Waals surface area contributed by atoms with E-state index in [2.05, 4.69) is 4.98 Å². The minimum Gasteiger partial charge on any atom is -0.480 e. The van der Waals surface area contributed by atoms with Crippen molar-refractivity contribution in [3.05, 3.63) is 33.7 Å². The lowest BCUT2D eigenvalue weighted by atomic mass is 9.84. The first-order valence-corrected chi connectivity index (χ1v) is 7.74. The Bertz CT molecular complexity index is 666. The number of pyridine rings is 1. The third-order valence-corrected chi connectivity index (χ3v) is 4.89. The van der Waals surface area contributed by atoms with E-state index in [1.807, 2.05) is 0 Å². The molecule has 1 aromatic heterocycles. The molecule has 22 heavy (non-hydrogen) atoms. The third kappa shape index (κ3) is 2.42. The maximum absolute atomic E-state index is 12.8. The van der Waals surface area contributed by atoms with E-state index in [-0.39, 0.29) is 17.5 Å². The Morgan fingerprint density at radius 1 is 1.27 bits per heavy atom. The first-order chi connectivity index (χ1) is 10.5. The van der Waals surface area contributed by atoms with E-state index < -0.39 is 23.5 Å². The number of amides is 1. The van der Waals surface area contributed by atoms with E-state index in [0.29, 0.717) is 12.1 Å². The molecule has 3 rings (SSSR count). The standard InChI is InChI=1S/C16H20N2O4/c1-9-6-7-11(14(19)17-9)15(20)18-12-5-3-2-4-10(12)8-13(18)16(21)22/h6-7,10,12-13H,2-5,8H2,1H3,(H,17,19)(H,21,22). The highest BCUT2D eigenvalue weighted by molar-refractivity contribution is 5.97. The van der Waals surface area contributed by atoms with Crippen LogP contribution in [-0.4, -0.2) is 39.0 Å². The number of H-pyrrole nitrogens is 1. The van der Waals surface area contributed by atoms with Crippen molar-refractivity contribution in [1.82, 2.24) is 9.88 Å². The third-order valence-electron chi connectivity index (χ3n) is 4.89. The average molecular weight is 304 g/mol. The molecular weight excluding hydrogens is 284 g/mol. The van der Waals surface area contributed by atoms with E-state index in [9.17, 15) is 19.5 Å². The summed E-state index contributed by atoms with van der Waals surface area (Å²) >= 11 is 0. The molecule has 2 N–H and O–H groups in total. The van der Waals surface area contributed by atoms with Gasteiger partial charge in [0.2, 0.25) is 0 Å². The zero-order chi connectivity index (χ0) is 15.9. The number of hydrogen-bond donors (Lipinski definition) is 2. The second-order valence-electron chi connectivity index (χ2n) is 6.30. The van der Waals surface area contributed by atoms with Gasteiger partial charge in [0.05, 0.1) is 0 Å². The van der Waals surface area contributed by atoms with Crippen LogP contribution in [0.15, 0.2) is 16.9 Å². The highest BCUT2D eigenvalue weighted by Gasteiger charge is 2.48. The van der Waals surface area contributed by atoms with Gasteiger partial charge in [0, 0.05) is 11.7 Å². The number of rotatable bonds is 2. The second kappa shape index (κ2) is 5.59. The van der Waals surface area contributed by atoms with Crippen molar-refractivity contribution in [2.24, 2.45) is 5.92 Å². The van der Waals surface area contributed by atoms with E-state index in [1.165, 1.54) is 11.0 Å². The van der Waals surface area contributed by atoms with Crippen molar-refractivity contribution in [2.45, 2.75) is 51.1 Å². The van der Waals surface area contributed by atoms with Crippen LogP contribution in [0.1, 0.15) is 48.2 Å². The predicted octanol–water partition coefficient (Wildman–Crippen LogP) is 1.54. The lowest BCUT2D eigenvalue weighted by Gasteiger charge is -2.32. The van der Waals surface area contributed by atoms with Crippen molar-refractivity contribution in [1.29, 1.82) is 0 Å². The van der Waals surface area contributed by atoms with Crippen molar-refractivity contribution in [2.75, 3.05) is 0 Å². The van der Waals surface area contributed by atoms with Crippen LogP contribution in [0.5, 0.6) is 0 Å². The van der Waals surface area contributed by atoms with Crippen LogP contribution in [0, 0.1) is 12.8 Å². The smallest absolute Gasteiger partial charge is 0.326 e. The maximum Gasteiger partial charge on any atom is 0.326 e. The normalized spacial score (nSPS) is 27.5. The van der Waals surface area contributed by atoms with Gasteiger partial charge in [-0.1, -0.05) is 12.8 Å². The number of aryl methyl sites for hydroxylation is 1. The van der Waals surface area contributed by atoms with Crippen molar-refractivity contribution in [3.8, 4) is 0 Å². The van der Waals surface area contributed by atoms with Crippen molar-refractivity contribution < 1.29 is 14.7 Å². The molecule has 1 saturated carbocycles. The minimum atomic E-state index is -0.980. The van der Waals surface area contributed by atoms with Gasteiger partial charge in [-0.2, -0.15) is 0 Å². The van der Waals surface area contributed by atoms with Gasteiger partial charge in [-0.25, -0.2) is 4.79 Å². The van der Waals surface area contributed by atoms with Gasteiger partial charge in [0.15, 0.2) is 0 Å². The summed E-state index contributed by atoms with van der Waals surface area (Å²) in [5.74, 6) is -1.20. The largest absolute Gasteiger partial charge is 0.480 e. The Balaban J connectivity index is 1.97. The van der Waals surface area contributed by atoms with Crippen LogP contribution in [-0.2, 0) is 4.79 Å². The summed E-state index contributed by atoms with van der Waals surface area (Å²) in [5, 5.41) is 9.46. The molecule has 2 heterocycles. The fourth-order valence-corrected chi connectivity index (χ4v) is 3.85.